The van der Waals surface area contributed by atoms with Crippen LogP contribution in [0.3, 0.4) is 0 Å². The average Bonchev–Trinajstić information content (AvgIpc) is 3.36. The number of rotatable bonds is 4. The maximum atomic E-state index is 15.2. The maximum Gasteiger partial charge on any atom is 0.307 e. The molecule has 5 nitrogen and oxygen atoms in total. The summed E-state index contributed by atoms with van der Waals surface area (Å²) in [6, 6.07) is 6.96. The van der Waals surface area contributed by atoms with E-state index in [2.05, 4.69) is 0 Å². The molecule has 6 heteroatoms. The zero-order valence-electron chi connectivity index (χ0n) is 13.0. The monoisotopic (exact) mass is 321 g/mol. The fraction of sp³-hybridized carbons (Fsp3) is 0.529. The van der Waals surface area contributed by atoms with Crippen molar-refractivity contribution in [1.82, 2.24) is 4.90 Å². The van der Waals surface area contributed by atoms with Crippen LogP contribution in [0.5, 0.6) is 5.75 Å². The Balaban J connectivity index is 1.63. The van der Waals surface area contributed by atoms with E-state index in [0.717, 1.165) is 0 Å². The molecule has 0 bridgehead atoms. The number of piperidine rings is 1. The lowest BCUT2D eigenvalue weighted by Crippen LogP contribution is -2.44. The third-order valence-corrected chi connectivity index (χ3v) is 4.88. The number of methoxy groups -OCH3 is 1. The number of hydrogen-bond donors (Lipinski definition) is 1. The summed E-state index contributed by atoms with van der Waals surface area (Å²) in [6.07, 6.45) is 0.841. The number of ether oxygens (including phenoxy) is 1. The van der Waals surface area contributed by atoms with Crippen molar-refractivity contribution in [3.05, 3.63) is 29.8 Å². The Morgan fingerprint density at radius 2 is 2.00 bits per heavy atom. The number of aliphatic carboxylic acids is 1. The number of hydrogen-bond acceptors (Lipinski definition) is 3. The molecule has 2 fully saturated rings. The lowest BCUT2D eigenvalue weighted by atomic mass is 9.86. The van der Waals surface area contributed by atoms with E-state index in [4.69, 9.17) is 9.84 Å². The van der Waals surface area contributed by atoms with Crippen LogP contribution in [-0.2, 0) is 15.3 Å². The van der Waals surface area contributed by atoms with Gasteiger partial charge in [-0.1, -0.05) is 12.1 Å². The highest BCUT2D eigenvalue weighted by Gasteiger charge is 2.51. The highest BCUT2D eigenvalue weighted by molar-refractivity contribution is 5.89. The van der Waals surface area contributed by atoms with Gasteiger partial charge in [-0.05, 0) is 24.1 Å². The number of benzene rings is 1. The normalized spacial score (nSPS) is 25.7. The summed E-state index contributed by atoms with van der Waals surface area (Å²) in [5, 5.41) is 8.91. The minimum Gasteiger partial charge on any atom is -0.497 e. The minimum atomic E-state index is -1.47. The number of carboxylic acid groups (broad SMARTS) is 1. The van der Waals surface area contributed by atoms with Gasteiger partial charge in [0.2, 0.25) is 5.91 Å². The van der Waals surface area contributed by atoms with Gasteiger partial charge >= 0.3 is 5.97 Å². The molecule has 3 rings (SSSR count). The van der Waals surface area contributed by atoms with Crippen molar-refractivity contribution in [2.24, 2.45) is 11.8 Å². The Hall–Kier alpha value is -2.11. The number of amides is 1. The van der Waals surface area contributed by atoms with Crippen LogP contribution in [0.1, 0.15) is 24.8 Å². The Morgan fingerprint density at radius 1 is 1.30 bits per heavy atom. The fourth-order valence-corrected chi connectivity index (χ4v) is 3.25. The van der Waals surface area contributed by atoms with Crippen molar-refractivity contribution < 1.29 is 23.8 Å². The number of carboxylic acids is 1. The molecule has 1 saturated heterocycles. The molecule has 2 aliphatic rings. The number of alkyl halides is 1. The van der Waals surface area contributed by atoms with Crippen molar-refractivity contribution in [1.29, 1.82) is 0 Å². The van der Waals surface area contributed by atoms with Crippen LogP contribution in [0.15, 0.2) is 24.3 Å². The molecule has 0 radical (unpaired) electrons. The summed E-state index contributed by atoms with van der Waals surface area (Å²) >= 11 is 0. The van der Waals surface area contributed by atoms with E-state index in [9.17, 15) is 9.59 Å². The van der Waals surface area contributed by atoms with Crippen LogP contribution in [-0.4, -0.2) is 42.1 Å². The summed E-state index contributed by atoms with van der Waals surface area (Å²) in [4.78, 5) is 24.7. The lowest BCUT2D eigenvalue weighted by Gasteiger charge is -2.37. The van der Waals surface area contributed by atoms with E-state index in [1.54, 1.807) is 36.3 Å². The van der Waals surface area contributed by atoms with Gasteiger partial charge in [-0.25, -0.2) is 4.39 Å². The fourth-order valence-electron chi connectivity index (χ4n) is 3.25. The van der Waals surface area contributed by atoms with E-state index in [0.29, 0.717) is 30.8 Å². The Morgan fingerprint density at radius 3 is 2.57 bits per heavy atom. The number of likely N-dealkylation sites (tertiary alicyclic amines) is 1. The van der Waals surface area contributed by atoms with Crippen molar-refractivity contribution in [3.8, 4) is 5.75 Å². The lowest BCUT2D eigenvalue weighted by molar-refractivity contribution is -0.142. The van der Waals surface area contributed by atoms with Gasteiger partial charge < -0.3 is 14.7 Å². The molecule has 1 aromatic carbocycles. The van der Waals surface area contributed by atoms with Crippen molar-refractivity contribution >= 4 is 11.9 Å². The van der Waals surface area contributed by atoms with Gasteiger partial charge in [-0.15, -0.1) is 0 Å². The van der Waals surface area contributed by atoms with Crippen LogP contribution in [0, 0.1) is 11.8 Å². The van der Waals surface area contributed by atoms with E-state index < -0.39 is 23.5 Å². The first-order valence-electron chi connectivity index (χ1n) is 7.79. The second-order valence-electron chi connectivity index (χ2n) is 6.31. The molecule has 1 aliphatic heterocycles. The molecule has 1 amide bonds. The predicted octanol–water partition coefficient (Wildman–Crippen LogP) is 2.20. The van der Waals surface area contributed by atoms with E-state index in [-0.39, 0.29) is 18.7 Å². The maximum absolute atomic E-state index is 15.2. The second kappa shape index (κ2) is 5.83. The Labute approximate surface area is 134 Å². The van der Waals surface area contributed by atoms with Gasteiger partial charge in [0.25, 0.3) is 0 Å². The van der Waals surface area contributed by atoms with Gasteiger partial charge in [0.05, 0.1) is 18.9 Å². The molecular formula is C17H20FNO4. The van der Waals surface area contributed by atoms with Crippen LogP contribution in [0.2, 0.25) is 0 Å². The molecule has 23 heavy (non-hydrogen) atoms. The second-order valence-corrected chi connectivity index (χ2v) is 6.31. The molecule has 1 saturated carbocycles. The average molecular weight is 321 g/mol. The van der Waals surface area contributed by atoms with Crippen molar-refractivity contribution in [3.63, 3.8) is 0 Å². The molecule has 1 aromatic rings. The summed E-state index contributed by atoms with van der Waals surface area (Å²) in [6.45, 7) is 0.630. The van der Waals surface area contributed by atoms with Gasteiger partial charge in [-0.2, -0.15) is 0 Å². The highest BCUT2D eigenvalue weighted by Crippen LogP contribution is 2.43. The molecule has 0 spiro atoms. The molecule has 0 aromatic heterocycles. The van der Waals surface area contributed by atoms with Crippen LogP contribution in [0.25, 0.3) is 0 Å². The van der Waals surface area contributed by atoms with Crippen molar-refractivity contribution in [2.45, 2.75) is 24.9 Å². The standard InChI is InChI=1S/C17H20FNO4/c1-23-12-4-2-3-11(9-12)17(18)5-7-19(8-6-17)15(20)13-10-14(13)16(21)22/h2-4,9,13-14H,5-8,10H2,1H3,(H,21,22). The number of nitrogens with zero attached hydrogens (tertiary/aromatic N) is 1. The Bertz CT molecular complexity index is 625. The summed E-state index contributed by atoms with van der Waals surface area (Å²) in [7, 11) is 1.54. The van der Waals surface area contributed by atoms with Crippen LogP contribution < -0.4 is 4.74 Å². The van der Waals surface area contributed by atoms with Crippen molar-refractivity contribution in [2.75, 3.05) is 20.2 Å². The third kappa shape index (κ3) is 3.02. The van der Waals surface area contributed by atoms with Gasteiger partial charge in [0, 0.05) is 25.9 Å². The zero-order chi connectivity index (χ0) is 16.6. The smallest absolute Gasteiger partial charge is 0.307 e. The van der Waals surface area contributed by atoms with E-state index >= 15 is 4.39 Å². The van der Waals surface area contributed by atoms with Crippen LogP contribution in [0.4, 0.5) is 4.39 Å². The summed E-state index contributed by atoms with van der Waals surface area (Å²) < 4.78 is 20.3. The molecule has 2 atom stereocenters. The van der Waals surface area contributed by atoms with E-state index in [1.807, 2.05) is 0 Å². The highest BCUT2D eigenvalue weighted by atomic mass is 19.1. The van der Waals surface area contributed by atoms with Crippen LogP contribution >= 0.6 is 0 Å². The number of carbonyl (C=O) groups excluding carboxylic acids is 1. The minimum absolute atomic E-state index is 0.148. The molecule has 1 aliphatic carbocycles. The zero-order valence-corrected chi connectivity index (χ0v) is 13.0. The predicted molar refractivity (Wildman–Crippen MR) is 80.8 cm³/mol. The molecular weight excluding hydrogens is 301 g/mol. The summed E-state index contributed by atoms with van der Waals surface area (Å²) in [5.41, 5.74) is -0.903. The number of halogens is 1. The first-order chi connectivity index (χ1) is 10.9. The largest absolute Gasteiger partial charge is 0.497 e. The van der Waals surface area contributed by atoms with Gasteiger partial charge in [0.1, 0.15) is 11.4 Å². The summed E-state index contributed by atoms with van der Waals surface area (Å²) in [5.74, 6) is -1.43. The van der Waals surface area contributed by atoms with E-state index in [1.165, 1.54) is 0 Å². The SMILES string of the molecule is COc1cccc(C2(F)CCN(C(=O)C3CC3C(=O)O)CC2)c1. The first-order valence-corrected chi connectivity index (χ1v) is 7.79. The molecule has 1 N–H and O–H groups in total. The van der Waals surface area contributed by atoms with Gasteiger partial charge in [0.15, 0.2) is 0 Å². The molecule has 2 unspecified atom stereocenters. The topological polar surface area (TPSA) is 66.8 Å². The molecule has 124 valence electrons. The third-order valence-electron chi connectivity index (χ3n) is 4.88. The quantitative estimate of drug-likeness (QED) is 0.923. The number of carbonyl (C=O) groups is 2. The first kappa shape index (κ1) is 15.8. The Kier molecular flexibility index (Phi) is 4.00. The van der Waals surface area contributed by atoms with Gasteiger partial charge in [-0.3, -0.25) is 9.59 Å². The molecule has 1 heterocycles.